The van der Waals surface area contributed by atoms with Gasteiger partial charge in [-0.15, -0.1) is 0 Å². The molecule has 6 unspecified atom stereocenters. The van der Waals surface area contributed by atoms with E-state index >= 15 is 0 Å². The van der Waals surface area contributed by atoms with E-state index in [0.29, 0.717) is 74.7 Å². The molecular formula is C78H148N4O14S4. The first kappa shape index (κ1) is 96.0. The van der Waals surface area contributed by atoms with Crippen molar-refractivity contribution in [3.05, 3.63) is 0 Å². The van der Waals surface area contributed by atoms with E-state index in [1.807, 2.05) is 9.80 Å². The maximum absolute atomic E-state index is 13.4. The van der Waals surface area contributed by atoms with Gasteiger partial charge >= 0.3 is 23.9 Å². The Morgan fingerprint density at radius 3 is 0.750 bits per heavy atom. The van der Waals surface area contributed by atoms with Gasteiger partial charge in [-0.25, -0.2) is 0 Å². The molecule has 0 aromatic rings. The first-order valence-corrected chi connectivity index (χ1v) is 45.3. The Hall–Kier alpha value is -2.02. The molecule has 2 amide bonds. The first-order chi connectivity index (χ1) is 48.4. The second-order valence-corrected chi connectivity index (χ2v) is 34.0. The second kappa shape index (κ2) is 66.4. The molecule has 18 nitrogen and oxygen atoms in total. The lowest BCUT2D eigenvalue weighted by Gasteiger charge is -2.29. The molecule has 6 N–H and O–H groups in total. The Bertz CT molecular complexity index is 1730. The predicted molar refractivity (Wildman–Crippen MR) is 418 cm³/mol. The van der Waals surface area contributed by atoms with E-state index in [1.54, 1.807) is 0 Å². The van der Waals surface area contributed by atoms with Gasteiger partial charge in [0.25, 0.3) is 0 Å². The molecule has 1 rings (SSSR count). The van der Waals surface area contributed by atoms with Crippen LogP contribution in [0.1, 0.15) is 312 Å². The van der Waals surface area contributed by atoms with Crippen molar-refractivity contribution in [2.75, 3.05) is 88.7 Å². The molecular weight excluding hydrogens is 1350 g/mol. The van der Waals surface area contributed by atoms with Crippen LogP contribution in [0, 0.1) is 23.7 Å². The summed E-state index contributed by atoms with van der Waals surface area (Å²) in [5.74, 6) is 1.13. The van der Waals surface area contributed by atoms with Gasteiger partial charge < -0.3 is 50.0 Å². The topological polar surface area (TPSA) is 251 Å². The third-order valence-electron chi connectivity index (χ3n) is 19.3. The van der Waals surface area contributed by atoms with Crippen molar-refractivity contribution >= 4 is 78.9 Å². The smallest absolute Gasteiger partial charge is 0.308 e. The summed E-state index contributed by atoms with van der Waals surface area (Å²) in [7, 11) is 5.78. The number of nitrogens with one attached hydrogen (secondary N) is 2. The number of piperazine rings is 1. The van der Waals surface area contributed by atoms with E-state index in [9.17, 15) is 49.2 Å². The largest absolute Gasteiger partial charge is 0.466 e. The zero-order valence-electron chi connectivity index (χ0n) is 64.4. The highest BCUT2D eigenvalue weighted by Crippen LogP contribution is 2.28. The zero-order chi connectivity index (χ0) is 73.6. The summed E-state index contributed by atoms with van der Waals surface area (Å²) in [6.07, 6.45) is 35.2. The van der Waals surface area contributed by atoms with Crippen LogP contribution in [0.4, 0.5) is 0 Å². The Labute approximate surface area is 624 Å². The summed E-state index contributed by atoms with van der Waals surface area (Å²) < 4.78 is 22.7. The number of unbranched alkanes of at least 4 members (excludes halogenated alkanes) is 16. The monoisotopic (exact) mass is 1490 g/mol. The molecule has 0 bridgehead atoms. The normalized spacial score (nSPS) is 15.5. The maximum atomic E-state index is 13.4. The van der Waals surface area contributed by atoms with E-state index < -0.39 is 60.4 Å². The number of nitrogens with zero attached hydrogens (tertiary/aromatic N) is 2. The van der Waals surface area contributed by atoms with E-state index in [0.717, 1.165) is 128 Å². The minimum Gasteiger partial charge on any atom is -0.466 e. The van der Waals surface area contributed by atoms with Gasteiger partial charge in [-0.3, -0.25) is 38.6 Å². The van der Waals surface area contributed by atoms with Crippen molar-refractivity contribution in [2.24, 2.45) is 23.7 Å². The van der Waals surface area contributed by atoms with Gasteiger partial charge in [0, 0.05) is 62.3 Å². The molecule has 1 saturated heterocycles. The molecule has 0 aliphatic carbocycles. The van der Waals surface area contributed by atoms with E-state index in [4.69, 9.17) is 18.9 Å². The number of rotatable bonds is 72. The Morgan fingerprint density at radius 1 is 0.340 bits per heavy atom. The average Bonchev–Trinajstić information content (AvgIpc) is 0.851. The van der Waals surface area contributed by atoms with Crippen molar-refractivity contribution in [3.63, 3.8) is 0 Å². The number of aliphatic hydroxyl groups is 4. The SMILES string of the molecule is CCCCCC(CCCCC)CCOC(=O)CC(O)CN(CCSSCC1NC(=O)C(CSSCCN(CC(O)CC(=O)OCCC(CCCCC)CCCCC)CC(O)CC(=O)OCCC(CCCCC)CCCCC)NC1=O)CC(O)CC(=O)OCCC(CCCCC)CCCCC. The predicted octanol–water partition coefficient (Wildman–Crippen LogP) is 16.2. The molecule has 0 aromatic carbocycles. The lowest BCUT2D eigenvalue weighted by molar-refractivity contribution is -0.148. The minimum atomic E-state index is -1.07. The summed E-state index contributed by atoms with van der Waals surface area (Å²) in [6.45, 7) is 19.9. The number of ether oxygens (including phenoxy) is 4. The van der Waals surface area contributed by atoms with Crippen molar-refractivity contribution in [1.29, 1.82) is 0 Å². The lowest BCUT2D eigenvalue weighted by Crippen LogP contribution is -2.63. The molecule has 0 aromatic heterocycles. The number of amides is 2. The van der Waals surface area contributed by atoms with Crippen molar-refractivity contribution in [2.45, 2.75) is 349 Å². The van der Waals surface area contributed by atoms with Crippen LogP contribution < -0.4 is 10.6 Å². The van der Waals surface area contributed by atoms with Crippen LogP contribution in [0.5, 0.6) is 0 Å². The highest BCUT2D eigenvalue weighted by atomic mass is 33.1. The number of aliphatic hydroxyl groups excluding tert-OH is 4. The summed E-state index contributed by atoms with van der Waals surface area (Å²) in [6, 6.07) is -1.54. The minimum absolute atomic E-state index is 0.0673. The van der Waals surface area contributed by atoms with E-state index in [-0.39, 0.29) is 75.2 Å². The summed E-state index contributed by atoms with van der Waals surface area (Å²) in [4.78, 5) is 82.8. The summed E-state index contributed by atoms with van der Waals surface area (Å²) >= 11 is 0. The van der Waals surface area contributed by atoms with Crippen molar-refractivity contribution < 1.29 is 68.1 Å². The van der Waals surface area contributed by atoms with E-state index in [1.165, 1.54) is 146 Å². The van der Waals surface area contributed by atoms with Crippen LogP contribution in [-0.4, -0.2) is 191 Å². The quantitative estimate of drug-likeness (QED) is 0.0143. The molecule has 6 atom stereocenters. The van der Waals surface area contributed by atoms with Crippen molar-refractivity contribution in [3.8, 4) is 0 Å². The van der Waals surface area contributed by atoms with Gasteiger partial charge in [0.05, 0.1) is 76.5 Å². The van der Waals surface area contributed by atoms with Gasteiger partial charge in [-0.05, 0) is 49.4 Å². The molecule has 588 valence electrons. The summed E-state index contributed by atoms with van der Waals surface area (Å²) in [5, 5.41) is 50.7. The fraction of sp³-hybridized carbons (Fsp3) is 0.923. The van der Waals surface area contributed by atoms with Crippen LogP contribution in [-0.2, 0) is 47.7 Å². The third-order valence-corrected chi connectivity index (χ3v) is 24.0. The lowest BCUT2D eigenvalue weighted by atomic mass is 9.92. The van der Waals surface area contributed by atoms with E-state index in [2.05, 4.69) is 66.0 Å². The number of carbonyl (C=O) groups is 6. The Balaban J connectivity index is 2.94. The highest BCUT2D eigenvalue weighted by Gasteiger charge is 2.34. The molecule has 0 saturated carbocycles. The second-order valence-electron chi connectivity index (χ2n) is 28.8. The number of esters is 4. The van der Waals surface area contributed by atoms with Gasteiger partial charge in [-0.1, -0.05) is 304 Å². The van der Waals surface area contributed by atoms with Crippen LogP contribution >= 0.6 is 43.2 Å². The molecule has 1 fully saturated rings. The Morgan fingerprint density at radius 2 is 0.550 bits per heavy atom. The van der Waals surface area contributed by atoms with Gasteiger partial charge in [0.15, 0.2) is 0 Å². The number of hydrogen-bond acceptors (Lipinski definition) is 20. The summed E-state index contributed by atoms with van der Waals surface area (Å²) in [5.41, 5.74) is 0. The van der Waals surface area contributed by atoms with Crippen LogP contribution in [0.2, 0.25) is 0 Å². The van der Waals surface area contributed by atoms with Crippen LogP contribution in [0.25, 0.3) is 0 Å². The third kappa shape index (κ3) is 54.6. The number of hydrogen-bond donors (Lipinski definition) is 6. The fourth-order valence-corrected chi connectivity index (χ4v) is 17.5. The number of carbonyl (C=O) groups excluding carboxylic acids is 6. The fourth-order valence-electron chi connectivity index (χ4n) is 13.1. The Kier molecular flexibility index (Phi) is 63.8. The van der Waals surface area contributed by atoms with Gasteiger partial charge in [-0.2, -0.15) is 0 Å². The van der Waals surface area contributed by atoms with Crippen molar-refractivity contribution in [1.82, 2.24) is 20.4 Å². The molecule has 0 radical (unpaired) electrons. The maximum Gasteiger partial charge on any atom is 0.308 e. The van der Waals surface area contributed by atoms with Gasteiger partial charge in [0.1, 0.15) is 12.1 Å². The highest BCUT2D eigenvalue weighted by molar-refractivity contribution is 8.77. The molecule has 1 heterocycles. The van der Waals surface area contributed by atoms with Gasteiger partial charge in [0.2, 0.25) is 11.8 Å². The zero-order valence-corrected chi connectivity index (χ0v) is 67.6. The molecule has 1 aliphatic rings. The molecule has 22 heteroatoms. The molecule has 0 spiro atoms. The van der Waals surface area contributed by atoms with Crippen LogP contribution in [0.3, 0.4) is 0 Å². The average molecular weight is 1490 g/mol. The van der Waals surface area contributed by atoms with Crippen LogP contribution in [0.15, 0.2) is 0 Å². The molecule has 1 aliphatic heterocycles. The molecule has 100 heavy (non-hydrogen) atoms. The first-order valence-electron chi connectivity index (χ1n) is 40.3. The standard InChI is InChI=1S/C78H148N4O14S4/c1-9-17-25-33-63(34-26-18-10-2)41-47-93-73(87)53-67(83)57-81(58-68(84)54-74(88)94-48-42-64(35-27-19-11-3)36-28-20-12-4)45-51-97-99-61-71-77(91)80-72(78(92)79-71)62-100-98-52-46-82(59-69(85)55-75(89)95-49-43-65(37-29-21-13-5)38-30-22-14-6)60-70(86)56-76(90)96-50-44-66(39-31-23-15-7)40-32-24-16-8/h63-72,83-86H,9-62H2,1-8H3,(H,79,92)(H,80,91).